The van der Waals surface area contributed by atoms with Gasteiger partial charge in [-0.25, -0.2) is 0 Å². The first-order valence-corrected chi connectivity index (χ1v) is 11.3. The second kappa shape index (κ2) is 9.70. The molecule has 0 spiro atoms. The molecule has 0 aromatic heterocycles. The molecule has 1 aromatic rings. The number of likely N-dealkylation sites (tertiary alicyclic amines) is 1. The fraction of sp³-hybridized carbons (Fsp3) is 0.500. The van der Waals surface area contributed by atoms with Crippen molar-refractivity contribution in [1.82, 2.24) is 9.80 Å². The number of amides is 2. The van der Waals surface area contributed by atoms with Crippen LogP contribution >= 0.6 is 24.0 Å². The monoisotopic (exact) mass is 416 g/mol. The van der Waals surface area contributed by atoms with E-state index in [0.29, 0.717) is 34.7 Å². The summed E-state index contributed by atoms with van der Waals surface area (Å²) < 4.78 is 0.584. The molecular formula is C22H28N2O2S2. The Kier molecular flexibility index (Phi) is 7.30. The molecule has 0 saturated carbocycles. The Hall–Kier alpha value is -1.66. The molecule has 6 heteroatoms. The van der Waals surface area contributed by atoms with Crippen molar-refractivity contribution in [3.05, 3.63) is 40.3 Å². The number of piperidine rings is 1. The van der Waals surface area contributed by atoms with Gasteiger partial charge in [0.05, 0.1) is 4.91 Å². The highest BCUT2D eigenvalue weighted by atomic mass is 32.2. The van der Waals surface area contributed by atoms with E-state index in [9.17, 15) is 9.59 Å². The number of hydrogen-bond acceptors (Lipinski definition) is 4. The van der Waals surface area contributed by atoms with Gasteiger partial charge in [-0.1, -0.05) is 60.7 Å². The molecule has 2 fully saturated rings. The lowest BCUT2D eigenvalue weighted by Crippen LogP contribution is -2.43. The largest absolute Gasteiger partial charge is 0.340 e. The van der Waals surface area contributed by atoms with Crippen LogP contribution in [0.5, 0.6) is 0 Å². The Balaban J connectivity index is 1.54. The Labute approximate surface area is 177 Å². The number of nitrogens with zero attached hydrogens (tertiary/aromatic N) is 2. The van der Waals surface area contributed by atoms with Crippen LogP contribution in [-0.2, 0) is 9.59 Å². The van der Waals surface area contributed by atoms with E-state index in [2.05, 4.69) is 6.92 Å². The molecule has 1 atom stereocenters. The number of benzene rings is 1. The number of rotatable bonds is 6. The second-order valence-corrected chi connectivity index (χ2v) is 9.17. The number of aryl methyl sites for hydroxylation is 1. The van der Waals surface area contributed by atoms with Crippen LogP contribution in [0.1, 0.15) is 56.6 Å². The van der Waals surface area contributed by atoms with E-state index < -0.39 is 0 Å². The Morgan fingerprint density at radius 1 is 1.29 bits per heavy atom. The maximum atomic E-state index is 12.7. The van der Waals surface area contributed by atoms with Crippen molar-refractivity contribution in [2.75, 3.05) is 13.1 Å². The van der Waals surface area contributed by atoms with E-state index in [1.807, 2.05) is 42.2 Å². The van der Waals surface area contributed by atoms with Crippen LogP contribution in [0, 0.1) is 6.92 Å². The van der Waals surface area contributed by atoms with Gasteiger partial charge in [0.15, 0.2) is 0 Å². The van der Waals surface area contributed by atoms with E-state index in [0.717, 1.165) is 31.4 Å². The summed E-state index contributed by atoms with van der Waals surface area (Å²) in [7, 11) is 0. The van der Waals surface area contributed by atoms with Gasteiger partial charge in [0.25, 0.3) is 5.91 Å². The zero-order valence-corrected chi connectivity index (χ0v) is 18.3. The third-order valence-electron chi connectivity index (χ3n) is 5.44. The Bertz CT molecular complexity index is 773. The van der Waals surface area contributed by atoms with Crippen LogP contribution in [0.25, 0.3) is 6.08 Å². The molecule has 2 saturated heterocycles. The molecule has 2 aliphatic heterocycles. The average Bonchev–Trinajstić information content (AvgIpc) is 2.96. The lowest BCUT2D eigenvalue weighted by Gasteiger charge is -2.35. The summed E-state index contributed by atoms with van der Waals surface area (Å²) in [4.78, 5) is 29.7. The summed E-state index contributed by atoms with van der Waals surface area (Å²) >= 11 is 6.75. The second-order valence-electron chi connectivity index (χ2n) is 7.49. The van der Waals surface area contributed by atoms with E-state index in [1.54, 1.807) is 4.90 Å². The van der Waals surface area contributed by atoms with Crippen molar-refractivity contribution in [2.24, 2.45) is 0 Å². The van der Waals surface area contributed by atoms with Gasteiger partial charge in [-0.15, -0.1) is 0 Å². The highest BCUT2D eigenvalue weighted by Crippen LogP contribution is 2.32. The first-order valence-electron chi connectivity index (χ1n) is 10.1. The van der Waals surface area contributed by atoms with Crippen LogP contribution in [-0.4, -0.2) is 45.1 Å². The Morgan fingerprint density at radius 3 is 2.75 bits per heavy atom. The lowest BCUT2D eigenvalue weighted by molar-refractivity contribution is -0.135. The van der Waals surface area contributed by atoms with E-state index in [4.69, 9.17) is 12.2 Å². The minimum absolute atomic E-state index is 0.0487. The van der Waals surface area contributed by atoms with Crippen LogP contribution in [0.4, 0.5) is 0 Å². The minimum atomic E-state index is -0.0487. The fourth-order valence-corrected chi connectivity index (χ4v) is 5.10. The summed E-state index contributed by atoms with van der Waals surface area (Å²) in [6, 6.07) is 8.45. The predicted molar refractivity (Wildman–Crippen MR) is 120 cm³/mol. The molecule has 0 radical (unpaired) electrons. The number of carbonyl (C=O) groups is 2. The number of thioether (sulfide) groups is 1. The van der Waals surface area contributed by atoms with Gasteiger partial charge >= 0.3 is 0 Å². The maximum Gasteiger partial charge on any atom is 0.266 e. The molecule has 4 nitrogen and oxygen atoms in total. The molecular weight excluding hydrogens is 388 g/mol. The summed E-state index contributed by atoms with van der Waals surface area (Å²) in [5.41, 5.74) is 2.19. The van der Waals surface area contributed by atoms with Gasteiger partial charge < -0.3 is 4.90 Å². The van der Waals surface area contributed by atoms with Crippen molar-refractivity contribution in [3.8, 4) is 0 Å². The Morgan fingerprint density at radius 2 is 2.04 bits per heavy atom. The predicted octanol–water partition coefficient (Wildman–Crippen LogP) is 4.77. The molecule has 2 amide bonds. The molecule has 3 rings (SSSR count). The van der Waals surface area contributed by atoms with Crippen molar-refractivity contribution in [2.45, 2.75) is 58.4 Å². The zero-order valence-electron chi connectivity index (χ0n) is 16.6. The third kappa shape index (κ3) is 5.03. The number of carbonyl (C=O) groups excluding carboxylic acids is 2. The van der Waals surface area contributed by atoms with Crippen LogP contribution < -0.4 is 0 Å². The van der Waals surface area contributed by atoms with E-state index in [-0.39, 0.29) is 11.8 Å². The van der Waals surface area contributed by atoms with Gasteiger partial charge in [-0.05, 0) is 50.7 Å². The molecule has 2 heterocycles. The molecule has 0 bridgehead atoms. The van der Waals surface area contributed by atoms with Crippen molar-refractivity contribution in [1.29, 1.82) is 0 Å². The van der Waals surface area contributed by atoms with Crippen molar-refractivity contribution >= 4 is 46.2 Å². The molecule has 0 aliphatic carbocycles. The first kappa shape index (κ1) is 21.1. The normalized spacial score (nSPS) is 21.6. The van der Waals surface area contributed by atoms with Crippen LogP contribution in [0.15, 0.2) is 29.2 Å². The molecule has 150 valence electrons. The average molecular weight is 417 g/mol. The molecule has 1 aromatic carbocycles. The summed E-state index contributed by atoms with van der Waals surface area (Å²) in [6.07, 6.45) is 7.46. The van der Waals surface area contributed by atoms with Gasteiger partial charge in [-0.3, -0.25) is 14.5 Å². The quantitative estimate of drug-likeness (QED) is 0.495. The standard InChI is InChI=1S/C22H28N2O2S2/c1-3-18-7-4-5-13-23(18)20(25)8-6-14-24-21(26)19(28-22(24)27)15-17-11-9-16(2)10-12-17/h9-12,15,18H,3-8,13-14H2,1-2H3/b19-15+/t18-/m1/s1. The van der Waals surface area contributed by atoms with Gasteiger partial charge in [0.2, 0.25) is 5.91 Å². The fourth-order valence-electron chi connectivity index (χ4n) is 3.79. The number of hydrogen-bond donors (Lipinski definition) is 0. The smallest absolute Gasteiger partial charge is 0.266 e. The van der Waals surface area contributed by atoms with Crippen LogP contribution in [0.3, 0.4) is 0 Å². The number of thiocarbonyl (C=S) groups is 1. The first-order chi connectivity index (χ1) is 13.5. The van der Waals surface area contributed by atoms with E-state index in [1.165, 1.54) is 23.7 Å². The molecule has 0 N–H and O–H groups in total. The highest BCUT2D eigenvalue weighted by Gasteiger charge is 2.32. The van der Waals surface area contributed by atoms with Gasteiger partial charge in [0, 0.05) is 25.6 Å². The zero-order chi connectivity index (χ0) is 20.1. The van der Waals surface area contributed by atoms with Crippen LogP contribution in [0.2, 0.25) is 0 Å². The van der Waals surface area contributed by atoms with E-state index >= 15 is 0 Å². The van der Waals surface area contributed by atoms with Gasteiger partial charge in [-0.2, -0.15) is 0 Å². The third-order valence-corrected chi connectivity index (χ3v) is 6.82. The highest BCUT2D eigenvalue weighted by molar-refractivity contribution is 8.26. The lowest BCUT2D eigenvalue weighted by atomic mass is 9.99. The molecule has 0 unspecified atom stereocenters. The van der Waals surface area contributed by atoms with Crippen molar-refractivity contribution < 1.29 is 9.59 Å². The summed E-state index contributed by atoms with van der Waals surface area (Å²) in [5, 5.41) is 0. The molecule has 28 heavy (non-hydrogen) atoms. The molecule has 2 aliphatic rings. The van der Waals surface area contributed by atoms with Crippen molar-refractivity contribution in [3.63, 3.8) is 0 Å². The minimum Gasteiger partial charge on any atom is -0.340 e. The van der Waals surface area contributed by atoms with Gasteiger partial charge in [0.1, 0.15) is 4.32 Å². The topological polar surface area (TPSA) is 40.6 Å². The SMILES string of the molecule is CC[C@@H]1CCCCN1C(=O)CCCN1C(=O)/C(=C\c2ccc(C)cc2)SC1=S. The summed E-state index contributed by atoms with van der Waals surface area (Å²) in [5.74, 6) is 0.166. The summed E-state index contributed by atoms with van der Waals surface area (Å²) in [6.45, 7) is 5.57. The maximum absolute atomic E-state index is 12.7.